The summed E-state index contributed by atoms with van der Waals surface area (Å²) in [4.78, 5) is 0. The standard InChI is InChI=1S/C78H64/c1-12-13-21-47(46-22-15-14-16-23-46)28-31-53(48-29-32-55-59-40-69-61(42-67(59)77(8,9)65(55)38-48)73-63(75(69,4)5)37-35-58-54-26-19-17-25-51(54)45(3)71(58)73)49-30-33-56-60-41-70-62(43-68(60)78(10,11)66(56)39-49)74-64(76(70,6)7)36-34-52-44(2)50-24-18-20-27-57(50)72(52)74/h12-30,32-43,53H,1-3,31H2,4-11H3/b21-13-,47-28+. The van der Waals surface area contributed by atoms with Gasteiger partial charge in [0.1, 0.15) is 0 Å². The number of fused-ring (bicyclic) bond motifs is 20. The van der Waals surface area contributed by atoms with E-state index >= 15 is 0 Å². The zero-order chi connectivity index (χ0) is 53.5. The van der Waals surface area contributed by atoms with E-state index in [1.807, 2.05) is 6.08 Å². The quantitative estimate of drug-likeness (QED) is 0.140. The first-order chi connectivity index (χ1) is 37.5. The molecule has 0 saturated heterocycles. The molecule has 78 heavy (non-hydrogen) atoms. The summed E-state index contributed by atoms with van der Waals surface area (Å²) in [6.45, 7) is 32.9. The van der Waals surface area contributed by atoms with Gasteiger partial charge >= 0.3 is 0 Å². The average molecular weight is 1000 g/mol. The van der Waals surface area contributed by atoms with Crippen LogP contribution in [0.3, 0.4) is 0 Å². The zero-order valence-electron chi connectivity index (χ0n) is 46.3. The largest absolute Gasteiger partial charge is 0.0991 e. The van der Waals surface area contributed by atoms with Gasteiger partial charge in [0.25, 0.3) is 0 Å². The fourth-order valence-corrected chi connectivity index (χ4v) is 15.7. The van der Waals surface area contributed by atoms with Gasteiger partial charge in [-0.3, -0.25) is 0 Å². The smallest absolute Gasteiger partial charge is 0.0159 e. The van der Waals surface area contributed by atoms with Crippen LogP contribution >= 0.6 is 0 Å². The van der Waals surface area contributed by atoms with Gasteiger partial charge in [0.15, 0.2) is 0 Å². The lowest BCUT2D eigenvalue weighted by molar-refractivity contribution is 0.649. The van der Waals surface area contributed by atoms with Crippen LogP contribution in [0.15, 0.2) is 208 Å². The molecular weight excluding hydrogens is 937 g/mol. The van der Waals surface area contributed by atoms with Gasteiger partial charge in [-0.1, -0.05) is 239 Å². The van der Waals surface area contributed by atoms with Crippen molar-refractivity contribution in [3.63, 3.8) is 0 Å². The van der Waals surface area contributed by atoms with Crippen molar-refractivity contribution in [1.29, 1.82) is 0 Å². The van der Waals surface area contributed by atoms with E-state index < -0.39 is 0 Å². The fourth-order valence-electron chi connectivity index (χ4n) is 15.7. The Morgan fingerprint density at radius 2 is 0.808 bits per heavy atom. The number of hydrogen-bond donors (Lipinski definition) is 0. The number of hydrogen-bond acceptors (Lipinski definition) is 0. The summed E-state index contributed by atoms with van der Waals surface area (Å²) in [7, 11) is 0. The summed E-state index contributed by atoms with van der Waals surface area (Å²) in [5.74, 6) is 0.0908. The van der Waals surface area contributed by atoms with Crippen LogP contribution in [0.1, 0.15) is 151 Å². The van der Waals surface area contributed by atoms with Gasteiger partial charge in [-0.2, -0.15) is 0 Å². The molecule has 0 fully saturated rings. The Hall–Kier alpha value is -8.32. The average Bonchev–Trinajstić information content (AvgIpc) is 3.70. The Labute approximate surface area is 461 Å². The Bertz CT molecular complexity index is 4320. The van der Waals surface area contributed by atoms with Crippen LogP contribution in [0, 0.1) is 0 Å². The lowest BCUT2D eigenvalue weighted by Crippen LogP contribution is -2.17. The van der Waals surface area contributed by atoms with E-state index in [9.17, 15) is 0 Å². The molecule has 9 aromatic carbocycles. The Morgan fingerprint density at radius 3 is 1.37 bits per heavy atom. The highest BCUT2D eigenvalue weighted by Crippen LogP contribution is 2.63. The van der Waals surface area contributed by atoms with Crippen LogP contribution in [0.4, 0.5) is 0 Å². The predicted molar refractivity (Wildman–Crippen MR) is 331 cm³/mol. The summed E-state index contributed by atoms with van der Waals surface area (Å²) < 4.78 is 0. The van der Waals surface area contributed by atoms with E-state index in [1.54, 1.807) is 0 Å². The molecule has 0 nitrogen and oxygen atoms in total. The fraction of sp³-hybridized carbons (Fsp3) is 0.179. The maximum atomic E-state index is 4.74. The van der Waals surface area contributed by atoms with Crippen molar-refractivity contribution < 1.29 is 0 Å². The minimum atomic E-state index is -0.230. The van der Waals surface area contributed by atoms with Crippen molar-refractivity contribution in [1.82, 2.24) is 0 Å². The van der Waals surface area contributed by atoms with E-state index in [1.165, 1.54) is 156 Å². The van der Waals surface area contributed by atoms with E-state index in [0.717, 1.165) is 17.6 Å². The van der Waals surface area contributed by atoms with Crippen LogP contribution in [0.2, 0.25) is 0 Å². The second kappa shape index (κ2) is 15.9. The van der Waals surface area contributed by atoms with Crippen LogP contribution in [0.5, 0.6) is 0 Å². The number of rotatable bonds is 7. The number of allylic oxidation sites excluding steroid dienone is 5. The highest BCUT2D eigenvalue weighted by molar-refractivity contribution is 6.10. The number of benzene rings is 9. The normalized spacial score (nSPS) is 17.3. The molecule has 1 unspecified atom stereocenters. The molecule has 6 aliphatic rings. The highest BCUT2D eigenvalue weighted by atomic mass is 14.5. The van der Waals surface area contributed by atoms with Gasteiger partial charge in [-0.05, 0) is 198 Å². The van der Waals surface area contributed by atoms with Crippen molar-refractivity contribution in [2.24, 2.45) is 0 Å². The summed E-state index contributed by atoms with van der Waals surface area (Å²) in [5.41, 5.74) is 39.1. The molecule has 1 atom stereocenters. The second-order valence-corrected chi connectivity index (χ2v) is 25.3. The van der Waals surface area contributed by atoms with Crippen molar-refractivity contribution in [3.8, 4) is 66.8 Å². The maximum Gasteiger partial charge on any atom is 0.0159 e. The maximum absolute atomic E-state index is 4.74. The van der Waals surface area contributed by atoms with Crippen molar-refractivity contribution in [2.75, 3.05) is 0 Å². The molecule has 376 valence electrons. The minimum absolute atomic E-state index is 0.0908. The van der Waals surface area contributed by atoms with Crippen LogP contribution < -0.4 is 0 Å². The Balaban J connectivity index is 0.859. The Morgan fingerprint density at radius 1 is 0.372 bits per heavy atom. The molecule has 0 radical (unpaired) electrons. The van der Waals surface area contributed by atoms with E-state index in [2.05, 4.69) is 251 Å². The predicted octanol–water partition coefficient (Wildman–Crippen LogP) is 20.3. The summed E-state index contributed by atoms with van der Waals surface area (Å²) in [6.07, 6.45) is 9.46. The summed E-state index contributed by atoms with van der Waals surface area (Å²) in [5, 5.41) is 0. The molecule has 0 aliphatic heterocycles. The third-order valence-electron chi connectivity index (χ3n) is 19.9. The van der Waals surface area contributed by atoms with Gasteiger partial charge in [0.2, 0.25) is 0 Å². The molecule has 9 aromatic rings. The molecule has 0 heteroatoms. The molecule has 0 heterocycles. The SMILES string of the molecule is C=C/C=C\C(=C/CC(c1ccc2c(c1)C(C)(C)c1cc3c(cc1-2)C(C)(C)c1ccc2c(c1-3)C(=C)c1ccccc1-2)c1ccc2c(c1)C(C)(C)c1cc3c(cc1-2)C(C)(C)c1ccc2c(c1-3)-c1ccccc1C2=C)c1ccccc1. The van der Waals surface area contributed by atoms with Gasteiger partial charge in [0, 0.05) is 27.6 Å². The molecule has 0 saturated carbocycles. The van der Waals surface area contributed by atoms with Crippen LogP contribution in [-0.2, 0) is 21.7 Å². The van der Waals surface area contributed by atoms with Gasteiger partial charge in [-0.25, -0.2) is 0 Å². The van der Waals surface area contributed by atoms with Gasteiger partial charge in [-0.15, -0.1) is 0 Å². The van der Waals surface area contributed by atoms with Crippen LogP contribution in [0.25, 0.3) is 83.5 Å². The first-order valence-corrected chi connectivity index (χ1v) is 28.2. The molecule has 0 aromatic heterocycles. The lowest BCUT2D eigenvalue weighted by atomic mass is 9.77. The van der Waals surface area contributed by atoms with E-state index in [4.69, 9.17) is 6.58 Å². The summed E-state index contributed by atoms with van der Waals surface area (Å²) >= 11 is 0. The molecule has 6 aliphatic carbocycles. The monoisotopic (exact) mass is 1000 g/mol. The topological polar surface area (TPSA) is 0 Å². The molecule has 0 N–H and O–H groups in total. The second-order valence-electron chi connectivity index (χ2n) is 25.3. The van der Waals surface area contributed by atoms with Gasteiger partial charge < -0.3 is 0 Å². The molecule has 0 bridgehead atoms. The molecule has 0 amide bonds. The Kier molecular flexibility index (Phi) is 9.57. The summed E-state index contributed by atoms with van der Waals surface area (Å²) in [6, 6.07) is 63.2. The van der Waals surface area contributed by atoms with E-state index in [0.29, 0.717) is 0 Å². The first-order valence-electron chi connectivity index (χ1n) is 28.2. The van der Waals surface area contributed by atoms with Crippen molar-refractivity contribution in [3.05, 3.63) is 291 Å². The lowest BCUT2D eigenvalue weighted by Gasteiger charge is -2.26. The van der Waals surface area contributed by atoms with Gasteiger partial charge in [0.05, 0.1) is 0 Å². The third-order valence-corrected chi connectivity index (χ3v) is 19.9. The molecule has 0 spiro atoms. The first kappa shape index (κ1) is 46.9. The van der Waals surface area contributed by atoms with Crippen molar-refractivity contribution >= 4 is 16.7 Å². The molecular formula is C78H64. The molecule has 15 rings (SSSR count). The van der Waals surface area contributed by atoms with E-state index in [-0.39, 0.29) is 27.6 Å². The highest BCUT2D eigenvalue weighted by Gasteiger charge is 2.46. The van der Waals surface area contributed by atoms with Crippen molar-refractivity contribution in [2.45, 2.75) is 89.4 Å². The zero-order valence-corrected chi connectivity index (χ0v) is 46.3. The van der Waals surface area contributed by atoms with Crippen LogP contribution in [-0.4, -0.2) is 0 Å². The minimum Gasteiger partial charge on any atom is -0.0991 e. The third kappa shape index (κ3) is 6.07.